The van der Waals surface area contributed by atoms with Crippen molar-refractivity contribution in [2.24, 2.45) is 0 Å². The van der Waals surface area contributed by atoms with Gasteiger partial charge in [0, 0.05) is 42.2 Å². The van der Waals surface area contributed by atoms with E-state index in [1.165, 1.54) is 0 Å². The molecule has 0 fully saturated rings. The maximum absolute atomic E-state index is 12.0. The Balaban J connectivity index is 2.55. The van der Waals surface area contributed by atoms with Crippen molar-refractivity contribution in [1.29, 1.82) is 0 Å². The Hall–Kier alpha value is -2.01. The molecule has 0 aliphatic heterocycles. The number of hydrogen-bond donors (Lipinski definition) is 2. The van der Waals surface area contributed by atoms with Gasteiger partial charge in [-0.15, -0.1) is 0 Å². The number of hydrogen-bond acceptors (Lipinski definition) is 4. The predicted molar refractivity (Wildman–Crippen MR) is 73.0 cm³/mol. The average Bonchev–Trinajstić information content (AvgIpc) is 2.42. The van der Waals surface area contributed by atoms with Gasteiger partial charge in [0.05, 0.1) is 0 Å². The summed E-state index contributed by atoms with van der Waals surface area (Å²) in [6, 6.07) is 1.85. The second-order valence-corrected chi connectivity index (χ2v) is 4.34. The molecule has 0 saturated heterocycles. The molecular formula is C14H17N3O2. The molecule has 0 aliphatic rings. The van der Waals surface area contributed by atoms with E-state index >= 15 is 0 Å². The molecule has 2 aromatic rings. The number of pyridine rings is 1. The van der Waals surface area contributed by atoms with Crippen LogP contribution >= 0.6 is 0 Å². The molecule has 5 nitrogen and oxygen atoms in total. The fourth-order valence-electron chi connectivity index (χ4n) is 2.08. The Kier molecular flexibility index (Phi) is 4.06. The van der Waals surface area contributed by atoms with Crippen LogP contribution in [0.2, 0.25) is 0 Å². The molecular weight excluding hydrogens is 242 g/mol. The molecule has 2 aromatic heterocycles. The highest BCUT2D eigenvalue weighted by atomic mass is 16.3. The number of aromatic amines is 1. The first-order valence-electron chi connectivity index (χ1n) is 6.31. The van der Waals surface area contributed by atoms with Gasteiger partial charge in [0.1, 0.15) is 5.82 Å². The van der Waals surface area contributed by atoms with Gasteiger partial charge in [-0.05, 0) is 25.0 Å². The molecule has 0 radical (unpaired) electrons. The molecule has 2 heterocycles. The van der Waals surface area contributed by atoms with Gasteiger partial charge in [0.2, 0.25) is 0 Å². The van der Waals surface area contributed by atoms with Gasteiger partial charge in [0.15, 0.2) is 0 Å². The van der Waals surface area contributed by atoms with Crippen LogP contribution in [-0.2, 0) is 12.8 Å². The van der Waals surface area contributed by atoms with Gasteiger partial charge >= 0.3 is 0 Å². The standard InChI is InChI=1S/C14H17N3O2/c1-3-10-8-15-6-4-12(10)13-16-9(2)11(5-7-18)14(19)17-13/h4,6,8,18H,3,5,7H2,1-2H3,(H,16,17,19). The Morgan fingerprint density at radius 2 is 2.21 bits per heavy atom. The lowest BCUT2D eigenvalue weighted by Crippen LogP contribution is -2.18. The largest absolute Gasteiger partial charge is 0.396 e. The third-order valence-electron chi connectivity index (χ3n) is 3.12. The molecule has 0 aromatic carbocycles. The van der Waals surface area contributed by atoms with Crippen molar-refractivity contribution in [1.82, 2.24) is 15.0 Å². The zero-order chi connectivity index (χ0) is 13.8. The van der Waals surface area contributed by atoms with E-state index in [4.69, 9.17) is 5.11 Å². The highest BCUT2D eigenvalue weighted by Crippen LogP contribution is 2.19. The first kappa shape index (κ1) is 13.4. The third kappa shape index (κ3) is 2.71. The molecule has 0 saturated carbocycles. The van der Waals surface area contributed by atoms with Gasteiger partial charge in [0.25, 0.3) is 5.56 Å². The smallest absolute Gasteiger partial charge is 0.254 e. The van der Waals surface area contributed by atoms with Crippen LogP contribution in [0.4, 0.5) is 0 Å². The molecule has 2 rings (SSSR count). The normalized spacial score (nSPS) is 10.7. The number of aromatic nitrogens is 3. The van der Waals surface area contributed by atoms with Crippen molar-refractivity contribution in [3.8, 4) is 11.4 Å². The van der Waals surface area contributed by atoms with E-state index in [0.29, 0.717) is 23.5 Å². The van der Waals surface area contributed by atoms with E-state index in [-0.39, 0.29) is 12.2 Å². The summed E-state index contributed by atoms with van der Waals surface area (Å²) in [5.41, 5.74) is 2.95. The zero-order valence-electron chi connectivity index (χ0n) is 11.1. The van der Waals surface area contributed by atoms with Crippen molar-refractivity contribution in [3.05, 3.63) is 45.6 Å². The zero-order valence-corrected chi connectivity index (χ0v) is 11.1. The maximum atomic E-state index is 12.0. The Morgan fingerprint density at radius 1 is 1.42 bits per heavy atom. The van der Waals surface area contributed by atoms with Crippen LogP contribution in [0, 0.1) is 6.92 Å². The summed E-state index contributed by atoms with van der Waals surface area (Å²) in [7, 11) is 0. The van der Waals surface area contributed by atoms with Crippen molar-refractivity contribution in [3.63, 3.8) is 0 Å². The first-order chi connectivity index (χ1) is 9.17. The second kappa shape index (κ2) is 5.75. The molecule has 5 heteroatoms. The first-order valence-corrected chi connectivity index (χ1v) is 6.31. The summed E-state index contributed by atoms with van der Waals surface area (Å²) >= 11 is 0. The number of aryl methyl sites for hydroxylation is 2. The Labute approximate surface area is 111 Å². The fourth-order valence-corrected chi connectivity index (χ4v) is 2.08. The number of aliphatic hydroxyl groups excluding tert-OH is 1. The third-order valence-corrected chi connectivity index (χ3v) is 3.12. The van der Waals surface area contributed by atoms with Crippen molar-refractivity contribution < 1.29 is 5.11 Å². The minimum atomic E-state index is -0.185. The van der Waals surface area contributed by atoms with E-state index in [1.54, 1.807) is 19.3 Å². The van der Waals surface area contributed by atoms with Gasteiger partial charge < -0.3 is 10.1 Å². The number of nitrogens with one attached hydrogen (secondary N) is 1. The van der Waals surface area contributed by atoms with E-state index in [9.17, 15) is 4.79 Å². The topological polar surface area (TPSA) is 78.9 Å². The van der Waals surface area contributed by atoms with Crippen molar-refractivity contribution in [2.45, 2.75) is 26.7 Å². The second-order valence-electron chi connectivity index (χ2n) is 4.34. The molecule has 0 aliphatic carbocycles. The van der Waals surface area contributed by atoms with Crippen LogP contribution in [0.25, 0.3) is 11.4 Å². The predicted octanol–water partition coefficient (Wildman–Crippen LogP) is 1.24. The lowest BCUT2D eigenvalue weighted by atomic mass is 10.1. The van der Waals surface area contributed by atoms with Crippen LogP contribution in [0.3, 0.4) is 0 Å². The van der Waals surface area contributed by atoms with Crippen LogP contribution in [-0.4, -0.2) is 26.7 Å². The summed E-state index contributed by atoms with van der Waals surface area (Å²) in [4.78, 5) is 23.3. The average molecular weight is 259 g/mol. The molecule has 0 amide bonds. The molecule has 19 heavy (non-hydrogen) atoms. The SMILES string of the molecule is CCc1cnccc1-c1nc(C)c(CCO)c(=O)[nH]1. The van der Waals surface area contributed by atoms with E-state index in [2.05, 4.69) is 15.0 Å². The summed E-state index contributed by atoms with van der Waals surface area (Å²) in [6.45, 7) is 3.77. The van der Waals surface area contributed by atoms with E-state index in [0.717, 1.165) is 17.5 Å². The molecule has 2 N–H and O–H groups in total. The fraction of sp³-hybridized carbons (Fsp3) is 0.357. The molecule has 0 unspecified atom stereocenters. The van der Waals surface area contributed by atoms with Crippen LogP contribution in [0.5, 0.6) is 0 Å². The highest BCUT2D eigenvalue weighted by Gasteiger charge is 2.11. The lowest BCUT2D eigenvalue weighted by molar-refractivity contribution is 0.298. The minimum absolute atomic E-state index is 0.0551. The number of aliphatic hydroxyl groups is 1. The maximum Gasteiger partial charge on any atom is 0.254 e. The lowest BCUT2D eigenvalue weighted by Gasteiger charge is -2.09. The van der Waals surface area contributed by atoms with Crippen molar-refractivity contribution >= 4 is 0 Å². The molecule has 0 atom stereocenters. The van der Waals surface area contributed by atoms with E-state index in [1.807, 2.05) is 13.0 Å². The van der Waals surface area contributed by atoms with E-state index < -0.39 is 0 Å². The summed E-state index contributed by atoms with van der Waals surface area (Å²) in [5, 5.41) is 8.95. The Morgan fingerprint density at radius 3 is 2.84 bits per heavy atom. The van der Waals surface area contributed by atoms with Crippen LogP contribution in [0.15, 0.2) is 23.3 Å². The van der Waals surface area contributed by atoms with Gasteiger partial charge in [-0.25, -0.2) is 4.98 Å². The molecule has 0 spiro atoms. The van der Waals surface area contributed by atoms with Crippen LogP contribution in [0.1, 0.15) is 23.7 Å². The quantitative estimate of drug-likeness (QED) is 0.865. The van der Waals surface area contributed by atoms with Gasteiger partial charge in [-0.3, -0.25) is 9.78 Å². The summed E-state index contributed by atoms with van der Waals surface area (Å²) < 4.78 is 0. The molecule has 100 valence electrons. The Bertz CT molecular complexity index is 635. The van der Waals surface area contributed by atoms with Gasteiger partial charge in [-0.2, -0.15) is 0 Å². The van der Waals surface area contributed by atoms with Crippen LogP contribution < -0.4 is 5.56 Å². The monoisotopic (exact) mass is 259 g/mol. The van der Waals surface area contributed by atoms with Crippen molar-refractivity contribution in [2.75, 3.05) is 6.61 Å². The number of rotatable bonds is 4. The minimum Gasteiger partial charge on any atom is -0.396 e. The number of nitrogens with zero attached hydrogens (tertiary/aromatic N) is 2. The summed E-state index contributed by atoms with van der Waals surface area (Å²) in [5.74, 6) is 0.559. The highest BCUT2D eigenvalue weighted by molar-refractivity contribution is 5.59. The summed E-state index contributed by atoms with van der Waals surface area (Å²) in [6.07, 6.45) is 4.62. The molecule has 0 bridgehead atoms. The number of H-pyrrole nitrogens is 1. The van der Waals surface area contributed by atoms with Gasteiger partial charge in [-0.1, -0.05) is 6.92 Å².